The smallest absolute Gasteiger partial charge is 0.227 e. The molecule has 1 unspecified atom stereocenters. The molecule has 1 fully saturated rings. The molecule has 1 aromatic carbocycles. The van der Waals surface area contributed by atoms with Gasteiger partial charge in [0.05, 0.1) is 24.8 Å². The van der Waals surface area contributed by atoms with Crippen LogP contribution in [-0.4, -0.2) is 55.7 Å². The van der Waals surface area contributed by atoms with Crippen molar-refractivity contribution < 1.29 is 15.0 Å². The molecule has 0 radical (unpaired) electrons. The van der Waals surface area contributed by atoms with Gasteiger partial charge in [-0.25, -0.2) is 0 Å². The lowest BCUT2D eigenvalue weighted by atomic mass is 10.1. The normalized spacial score (nSPS) is 21.2. The van der Waals surface area contributed by atoms with Crippen molar-refractivity contribution in [2.24, 2.45) is 7.05 Å². The number of carbonyl (C=O) groups is 1. The predicted molar refractivity (Wildman–Crippen MR) is 97.3 cm³/mol. The van der Waals surface area contributed by atoms with Crippen LogP contribution in [-0.2, 0) is 24.8 Å². The van der Waals surface area contributed by atoms with Gasteiger partial charge in [0.15, 0.2) is 0 Å². The summed E-state index contributed by atoms with van der Waals surface area (Å²) in [6, 6.07) is 6.84. The molecule has 1 aliphatic rings. The second kappa shape index (κ2) is 8.18. The number of aromatic nitrogens is 2. The number of aliphatic hydroxyl groups excluding tert-OH is 2. The highest BCUT2D eigenvalue weighted by Gasteiger charge is 2.38. The molecular weight excluding hydrogens is 356 g/mol. The van der Waals surface area contributed by atoms with E-state index in [0.29, 0.717) is 18.0 Å². The molecule has 1 amide bonds. The first-order valence-corrected chi connectivity index (χ1v) is 8.91. The number of carbonyl (C=O) groups excluding carboxylic acids is 1. The summed E-state index contributed by atoms with van der Waals surface area (Å²) >= 11 is 5.87. The molecule has 1 saturated heterocycles. The maximum atomic E-state index is 12.6. The fourth-order valence-electron chi connectivity index (χ4n) is 3.23. The molecule has 3 atom stereocenters. The van der Waals surface area contributed by atoms with Crippen molar-refractivity contribution in [2.75, 3.05) is 6.54 Å². The van der Waals surface area contributed by atoms with Gasteiger partial charge in [-0.3, -0.25) is 14.8 Å². The molecule has 3 N–H and O–H groups in total. The van der Waals surface area contributed by atoms with Gasteiger partial charge in [-0.15, -0.1) is 0 Å². The van der Waals surface area contributed by atoms with Crippen molar-refractivity contribution in [2.45, 2.75) is 37.8 Å². The number of nitrogens with zero attached hydrogens (tertiary/aromatic N) is 3. The number of aryl methyl sites for hydroxylation is 1. The number of hydrogen-bond donors (Lipinski definition) is 3. The van der Waals surface area contributed by atoms with Crippen LogP contribution < -0.4 is 5.32 Å². The highest BCUT2D eigenvalue weighted by Crippen LogP contribution is 2.22. The topological polar surface area (TPSA) is 90.6 Å². The van der Waals surface area contributed by atoms with Gasteiger partial charge in [0.1, 0.15) is 6.23 Å². The molecule has 8 heteroatoms. The Morgan fingerprint density at radius 2 is 2.12 bits per heavy atom. The van der Waals surface area contributed by atoms with E-state index < -0.39 is 18.4 Å². The molecule has 3 rings (SSSR count). The van der Waals surface area contributed by atoms with Crippen LogP contribution in [0.4, 0.5) is 0 Å². The summed E-state index contributed by atoms with van der Waals surface area (Å²) in [7, 11) is 1.79. The second-order valence-electron chi connectivity index (χ2n) is 6.65. The number of rotatable bonds is 6. The first-order valence-electron chi connectivity index (χ1n) is 8.53. The minimum absolute atomic E-state index is 0.133. The van der Waals surface area contributed by atoms with Crippen molar-refractivity contribution in [1.82, 2.24) is 20.0 Å². The minimum Gasteiger partial charge on any atom is -0.391 e. The number of aliphatic hydroxyl groups is 2. The zero-order chi connectivity index (χ0) is 18.7. The number of β-amino-alcohol motifs (C(OH)–C–C–N with tert-alkyl or cyclic N) is 1. The Morgan fingerprint density at radius 1 is 1.38 bits per heavy atom. The van der Waals surface area contributed by atoms with Gasteiger partial charge in [-0.05, 0) is 29.7 Å². The van der Waals surface area contributed by atoms with E-state index in [9.17, 15) is 15.0 Å². The lowest BCUT2D eigenvalue weighted by Crippen LogP contribution is -2.49. The third-order valence-electron chi connectivity index (χ3n) is 4.55. The summed E-state index contributed by atoms with van der Waals surface area (Å²) in [6.45, 7) is 0.666. The van der Waals surface area contributed by atoms with Crippen molar-refractivity contribution in [1.29, 1.82) is 0 Å². The number of halogens is 1. The number of benzene rings is 1. The maximum Gasteiger partial charge on any atom is 0.227 e. The molecule has 0 bridgehead atoms. The Labute approximate surface area is 157 Å². The Morgan fingerprint density at radius 3 is 2.77 bits per heavy atom. The summed E-state index contributed by atoms with van der Waals surface area (Å²) in [5.41, 5.74) is 1.78. The van der Waals surface area contributed by atoms with E-state index in [-0.39, 0.29) is 18.9 Å². The Bertz CT molecular complexity index is 749. The van der Waals surface area contributed by atoms with Gasteiger partial charge in [0.2, 0.25) is 5.91 Å². The fourth-order valence-corrected chi connectivity index (χ4v) is 3.36. The summed E-state index contributed by atoms with van der Waals surface area (Å²) in [5, 5.41) is 28.2. The molecule has 26 heavy (non-hydrogen) atoms. The summed E-state index contributed by atoms with van der Waals surface area (Å²) in [6.07, 6.45) is 2.41. The summed E-state index contributed by atoms with van der Waals surface area (Å²) in [4.78, 5) is 14.2. The van der Waals surface area contributed by atoms with Crippen LogP contribution >= 0.6 is 11.6 Å². The monoisotopic (exact) mass is 378 g/mol. The Hall–Kier alpha value is -1.93. The average molecular weight is 379 g/mol. The molecule has 1 aliphatic heterocycles. The van der Waals surface area contributed by atoms with E-state index in [1.54, 1.807) is 41.2 Å². The molecule has 0 saturated carbocycles. The third-order valence-corrected chi connectivity index (χ3v) is 4.80. The molecule has 0 aliphatic carbocycles. The number of amides is 1. The summed E-state index contributed by atoms with van der Waals surface area (Å²) < 4.78 is 1.64. The van der Waals surface area contributed by atoms with Crippen molar-refractivity contribution in [3.8, 4) is 0 Å². The SMILES string of the molecule is Cn1cc(CC(=O)N2C[C@H](O)C[C@H]2C(O)NCc2ccc(Cl)cc2)cn1. The van der Waals surface area contributed by atoms with E-state index in [1.807, 2.05) is 12.1 Å². The predicted octanol–water partition coefficient (Wildman–Crippen LogP) is 0.686. The average Bonchev–Trinajstić information content (AvgIpc) is 3.19. The fraction of sp³-hybridized carbons (Fsp3) is 0.444. The molecule has 7 nitrogen and oxygen atoms in total. The molecular formula is C18H23ClN4O3. The van der Waals surface area contributed by atoms with E-state index in [4.69, 9.17) is 11.6 Å². The van der Waals surface area contributed by atoms with E-state index in [0.717, 1.165) is 11.1 Å². The molecule has 2 heterocycles. The van der Waals surface area contributed by atoms with E-state index in [1.165, 1.54) is 0 Å². The highest BCUT2D eigenvalue weighted by molar-refractivity contribution is 6.30. The molecule has 0 spiro atoms. The van der Waals surface area contributed by atoms with Gasteiger partial charge in [-0.1, -0.05) is 23.7 Å². The van der Waals surface area contributed by atoms with Crippen LogP contribution in [0.25, 0.3) is 0 Å². The summed E-state index contributed by atoms with van der Waals surface area (Å²) in [5.74, 6) is -0.133. The molecule has 140 valence electrons. The van der Waals surface area contributed by atoms with E-state index >= 15 is 0 Å². The quantitative estimate of drug-likeness (QED) is 0.643. The number of likely N-dealkylation sites (tertiary alicyclic amines) is 1. The minimum atomic E-state index is -0.930. The lowest BCUT2D eigenvalue weighted by molar-refractivity contribution is -0.134. The molecule has 2 aromatic rings. The van der Waals surface area contributed by atoms with Gasteiger partial charge in [-0.2, -0.15) is 5.10 Å². The zero-order valence-electron chi connectivity index (χ0n) is 14.5. The van der Waals surface area contributed by atoms with Crippen LogP contribution in [0.15, 0.2) is 36.7 Å². The number of hydrogen-bond acceptors (Lipinski definition) is 5. The second-order valence-corrected chi connectivity index (χ2v) is 7.09. The zero-order valence-corrected chi connectivity index (χ0v) is 15.3. The van der Waals surface area contributed by atoms with Gasteiger partial charge in [0.25, 0.3) is 0 Å². The van der Waals surface area contributed by atoms with Crippen LogP contribution in [0.1, 0.15) is 17.5 Å². The van der Waals surface area contributed by atoms with Crippen LogP contribution in [0.2, 0.25) is 5.02 Å². The van der Waals surface area contributed by atoms with E-state index in [2.05, 4.69) is 10.4 Å². The highest BCUT2D eigenvalue weighted by atomic mass is 35.5. The lowest BCUT2D eigenvalue weighted by Gasteiger charge is -2.29. The maximum absolute atomic E-state index is 12.6. The van der Waals surface area contributed by atoms with Crippen LogP contribution in [0.5, 0.6) is 0 Å². The largest absolute Gasteiger partial charge is 0.391 e. The van der Waals surface area contributed by atoms with Gasteiger partial charge >= 0.3 is 0 Å². The van der Waals surface area contributed by atoms with Gasteiger partial charge in [0, 0.05) is 31.4 Å². The Kier molecular flexibility index (Phi) is 5.93. The molecule has 1 aromatic heterocycles. The van der Waals surface area contributed by atoms with Gasteiger partial charge < -0.3 is 15.1 Å². The van der Waals surface area contributed by atoms with Crippen molar-refractivity contribution in [3.63, 3.8) is 0 Å². The Balaban J connectivity index is 1.60. The third kappa shape index (κ3) is 4.62. The standard InChI is InChI=1S/C18H23ClN4O3/c1-22-10-13(9-21-22)6-17(25)23-11-15(24)7-16(23)18(26)20-8-12-2-4-14(19)5-3-12/h2-5,9-10,15-16,18,20,24,26H,6-8,11H2,1H3/t15-,16+,18?/m1/s1. The van der Waals surface area contributed by atoms with Crippen LogP contribution in [0, 0.1) is 0 Å². The van der Waals surface area contributed by atoms with Crippen molar-refractivity contribution in [3.05, 3.63) is 52.8 Å². The first-order chi connectivity index (χ1) is 12.4. The first kappa shape index (κ1) is 18.8. The van der Waals surface area contributed by atoms with Crippen LogP contribution in [0.3, 0.4) is 0 Å². The van der Waals surface area contributed by atoms with Crippen molar-refractivity contribution >= 4 is 17.5 Å². The number of nitrogens with one attached hydrogen (secondary N) is 1.